The molecule has 0 fully saturated rings. The summed E-state index contributed by atoms with van der Waals surface area (Å²) in [6.45, 7) is 5.41. The van der Waals surface area contributed by atoms with Crippen LogP contribution in [0.1, 0.15) is 24.1 Å². The first-order valence-electron chi connectivity index (χ1n) is 7.51. The van der Waals surface area contributed by atoms with Crippen LogP contribution in [0.25, 0.3) is 10.9 Å². The second-order valence-electron chi connectivity index (χ2n) is 6.92. The van der Waals surface area contributed by atoms with Crippen molar-refractivity contribution in [1.82, 2.24) is 4.98 Å². The Bertz CT molecular complexity index is 701. The molecule has 120 valence electrons. The van der Waals surface area contributed by atoms with Gasteiger partial charge in [-0.25, -0.2) is 0 Å². The first-order chi connectivity index (χ1) is 10.1. The van der Waals surface area contributed by atoms with Crippen molar-refractivity contribution >= 4 is 19.2 Å². The van der Waals surface area contributed by atoms with Gasteiger partial charge in [0.2, 0.25) is 0 Å². The number of fused-ring (bicyclic) bond motifs is 3. The van der Waals surface area contributed by atoms with Crippen LogP contribution in [0, 0.1) is 0 Å². The Labute approximate surface area is 128 Å². The van der Waals surface area contributed by atoms with Gasteiger partial charge < -0.3 is 9.41 Å². The van der Waals surface area contributed by atoms with Crippen molar-refractivity contribution in [3.05, 3.63) is 35.5 Å². The fourth-order valence-corrected chi connectivity index (χ4v) is 4.77. The van der Waals surface area contributed by atoms with E-state index in [1.54, 1.807) is 19.6 Å². The molecule has 0 radical (unpaired) electrons. The van der Waals surface area contributed by atoms with Gasteiger partial charge in [0, 0.05) is 10.9 Å². The van der Waals surface area contributed by atoms with Gasteiger partial charge in [-0.3, -0.25) is 0 Å². The number of nitrogens with one attached hydrogen (secondary N) is 1. The van der Waals surface area contributed by atoms with Crippen LogP contribution < -0.4 is 0 Å². The number of benzene rings is 1. The summed E-state index contributed by atoms with van der Waals surface area (Å²) in [5.41, 5.74) is -0.459. The molecule has 2 aromatic rings. The average molecular weight is 327 g/mol. The highest BCUT2D eigenvalue weighted by Crippen LogP contribution is 2.51. The van der Waals surface area contributed by atoms with E-state index >= 15 is 0 Å². The maximum absolute atomic E-state index is 14.0. The molecule has 1 aliphatic carbocycles. The number of para-hydroxylation sites is 1. The summed E-state index contributed by atoms with van der Waals surface area (Å²) >= 11 is 0. The Hall–Kier alpha value is -1.27. The highest BCUT2D eigenvalue weighted by molar-refractivity contribution is 6.69. The largest absolute Gasteiger partial charge is 0.422 e. The maximum Gasteiger partial charge on any atom is 0.422 e. The zero-order chi connectivity index (χ0) is 16.2. The maximum atomic E-state index is 14.0. The molecule has 0 saturated carbocycles. The smallest absolute Gasteiger partial charge is 0.399 e. The van der Waals surface area contributed by atoms with Crippen LogP contribution in [-0.2, 0) is 16.4 Å². The number of rotatable bonds is 2. The minimum absolute atomic E-state index is 0.0133. The zero-order valence-electron chi connectivity index (χ0n) is 13.0. The summed E-state index contributed by atoms with van der Waals surface area (Å²) < 4.78 is 47.8. The Morgan fingerprint density at radius 1 is 1.18 bits per heavy atom. The average Bonchev–Trinajstić information content (AvgIpc) is 2.76. The van der Waals surface area contributed by atoms with E-state index in [1.807, 2.05) is 24.3 Å². The number of aromatic amines is 1. The third-order valence-corrected chi connectivity index (χ3v) is 5.07. The molecule has 1 atom stereocenters. The number of aromatic nitrogens is 1. The van der Waals surface area contributed by atoms with Gasteiger partial charge in [-0.1, -0.05) is 18.2 Å². The summed E-state index contributed by atoms with van der Waals surface area (Å²) in [5.74, 6) is 0. The Kier molecular flexibility index (Phi) is 3.45. The van der Waals surface area contributed by atoms with E-state index in [1.165, 1.54) is 0 Å². The predicted octanol–water partition coefficient (Wildman–Crippen LogP) is 5.11. The Morgan fingerprint density at radius 3 is 2.50 bits per heavy atom. The van der Waals surface area contributed by atoms with Crippen LogP contribution >= 0.6 is 0 Å². The monoisotopic (exact) mass is 327 g/mol. The lowest BCUT2D eigenvalue weighted by atomic mass is 9.82. The lowest BCUT2D eigenvalue weighted by Gasteiger charge is -2.42. The standard InChI is InChI=1S/C16H20F3NOSi/c1-22(2,3)21-15(16(17,18)19)10-6-8-12-11-7-4-5-9-13(11)20-14(12)15/h4-5,7,9,20H,6,8,10H2,1-3H3. The Morgan fingerprint density at radius 2 is 1.86 bits per heavy atom. The molecular formula is C16H20F3NOSi. The molecule has 1 unspecified atom stereocenters. The third kappa shape index (κ3) is 2.38. The molecule has 0 aliphatic heterocycles. The van der Waals surface area contributed by atoms with Crippen molar-refractivity contribution in [3.8, 4) is 0 Å². The first kappa shape index (κ1) is 15.6. The molecule has 0 bridgehead atoms. The van der Waals surface area contributed by atoms with Crippen LogP contribution in [0.15, 0.2) is 24.3 Å². The molecule has 22 heavy (non-hydrogen) atoms. The summed E-state index contributed by atoms with van der Waals surface area (Å²) in [6, 6.07) is 7.40. The number of hydrogen-bond donors (Lipinski definition) is 1. The minimum atomic E-state index is -4.43. The van der Waals surface area contributed by atoms with E-state index < -0.39 is 20.1 Å². The fourth-order valence-electron chi connectivity index (χ4n) is 3.41. The molecule has 1 N–H and O–H groups in total. The van der Waals surface area contributed by atoms with E-state index in [4.69, 9.17) is 4.43 Å². The predicted molar refractivity (Wildman–Crippen MR) is 83.4 cm³/mol. The van der Waals surface area contributed by atoms with E-state index in [-0.39, 0.29) is 12.1 Å². The van der Waals surface area contributed by atoms with Gasteiger partial charge in [-0.15, -0.1) is 0 Å². The van der Waals surface area contributed by atoms with Gasteiger partial charge in [0.05, 0.1) is 5.69 Å². The van der Waals surface area contributed by atoms with Gasteiger partial charge in [0.25, 0.3) is 0 Å². The fraction of sp³-hybridized carbons (Fsp3) is 0.500. The lowest BCUT2D eigenvalue weighted by molar-refractivity contribution is -0.264. The lowest BCUT2D eigenvalue weighted by Crippen LogP contribution is -2.52. The van der Waals surface area contributed by atoms with Crippen LogP contribution in [0.2, 0.25) is 19.6 Å². The normalized spacial score (nSPS) is 22.8. The number of aryl methyl sites for hydroxylation is 1. The number of H-pyrrole nitrogens is 1. The second kappa shape index (κ2) is 4.86. The molecule has 1 heterocycles. The molecule has 3 rings (SSSR count). The van der Waals surface area contributed by atoms with Crippen LogP contribution in [0.5, 0.6) is 0 Å². The van der Waals surface area contributed by atoms with E-state index in [9.17, 15) is 13.2 Å². The van der Waals surface area contributed by atoms with E-state index in [2.05, 4.69) is 4.98 Å². The minimum Gasteiger partial charge on any atom is -0.399 e. The Balaban J connectivity index is 2.26. The van der Waals surface area contributed by atoms with Gasteiger partial charge in [0.15, 0.2) is 13.9 Å². The van der Waals surface area contributed by atoms with Gasteiger partial charge in [0.1, 0.15) is 0 Å². The van der Waals surface area contributed by atoms with Gasteiger partial charge in [-0.2, -0.15) is 13.2 Å². The van der Waals surface area contributed by atoms with Crippen LogP contribution in [0.4, 0.5) is 13.2 Å². The van der Waals surface area contributed by atoms with Gasteiger partial charge >= 0.3 is 6.18 Å². The number of halogens is 3. The quantitative estimate of drug-likeness (QED) is 0.762. The molecule has 1 aromatic heterocycles. The van der Waals surface area contributed by atoms with Crippen LogP contribution in [-0.4, -0.2) is 19.5 Å². The molecule has 0 amide bonds. The first-order valence-corrected chi connectivity index (χ1v) is 10.9. The van der Waals surface area contributed by atoms with Crippen molar-refractivity contribution in [2.24, 2.45) is 0 Å². The summed E-state index contributed by atoms with van der Waals surface area (Å²) in [7, 11) is -2.38. The molecule has 1 aromatic carbocycles. The van der Waals surface area contributed by atoms with E-state index in [0.29, 0.717) is 12.8 Å². The SMILES string of the molecule is C[Si](C)(C)OC1(C(F)(F)F)CCCc2c1[nH]c1ccccc21. The summed E-state index contributed by atoms with van der Waals surface area (Å²) in [4.78, 5) is 3.01. The van der Waals surface area contributed by atoms with Crippen LogP contribution in [0.3, 0.4) is 0 Å². The summed E-state index contributed by atoms with van der Waals surface area (Å²) in [5, 5.41) is 0.880. The van der Waals surface area contributed by atoms with Crippen molar-refractivity contribution in [1.29, 1.82) is 0 Å². The van der Waals surface area contributed by atoms with E-state index in [0.717, 1.165) is 16.5 Å². The molecule has 0 saturated heterocycles. The molecular weight excluding hydrogens is 307 g/mol. The molecule has 6 heteroatoms. The van der Waals surface area contributed by atoms with Crippen molar-refractivity contribution in [2.75, 3.05) is 0 Å². The second-order valence-corrected chi connectivity index (χ2v) is 11.3. The number of hydrogen-bond acceptors (Lipinski definition) is 1. The highest BCUT2D eigenvalue weighted by Gasteiger charge is 2.61. The molecule has 2 nitrogen and oxygen atoms in total. The van der Waals surface area contributed by atoms with Crippen molar-refractivity contribution in [3.63, 3.8) is 0 Å². The molecule has 1 aliphatic rings. The molecule has 0 spiro atoms. The van der Waals surface area contributed by atoms with Crippen molar-refractivity contribution < 1.29 is 17.6 Å². The number of alkyl halides is 3. The zero-order valence-corrected chi connectivity index (χ0v) is 14.0. The topological polar surface area (TPSA) is 25.0 Å². The van der Waals surface area contributed by atoms with Crippen molar-refractivity contribution in [2.45, 2.75) is 50.7 Å². The summed E-state index contributed by atoms with van der Waals surface area (Å²) in [6.07, 6.45) is -3.30. The van der Waals surface area contributed by atoms with Gasteiger partial charge in [-0.05, 0) is 50.5 Å². The third-order valence-electron chi connectivity index (χ3n) is 4.11. The highest BCUT2D eigenvalue weighted by atomic mass is 28.4.